The van der Waals surface area contributed by atoms with Gasteiger partial charge in [0.2, 0.25) is 5.75 Å². The number of hydrogen-bond acceptors (Lipinski definition) is 6. The zero-order valence-electron chi connectivity index (χ0n) is 15.5. The molecular weight excluding hydrogens is 336 g/mol. The fraction of sp³-hybridized carbons (Fsp3) is 0.263. The number of nitrogens with one attached hydrogen (secondary N) is 1. The van der Waals surface area contributed by atoms with E-state index in [1.54, 1.807) is 24.3 Å². The van der Waals surface area contributed by atoms with Gasteiger partial charge in [-0.3, -0.25) is 4.79 Å². The number of amides is 1. The molecule has 0 saturated carbocycles. The van der Waals surface area contributed by atoms with E-state index in [2.05, 4.69) is 10.5 Å². The molecule has 0 fully saturated rings. The molecule has 0 unspecified atom stereocenters. The zero-order valence-corrected chi connectivity index (χ0v) is 15.5. The van der Waals surface area contributed by atoms with Crippen LogP contribution in [0.4, 0.5) is 0 Å². The first-order chi connectivity index (χ1) is 12.5. The Morgan fingerprint density at radius 2 is 1.54 bits per heavy atom. The molecule has 0 aliphatic rings. The second kappa shape index (κ2) is 8.75. The summed E-state index contributed by atoms with van der Waals surface area (Å²) in [5.74, 6) is 1.61. The first-order valence-electron chi connectivity index (χ1n) is 7.82. The Morgan fingerprint density at radius 1 is 0.923 bits per heavy atom. The standard InChI is InChI=1S/C19H22N2O5/c1-12-6-7-14(15(8-12)23-2)19(22)21-20-11-13-9-16(24-3)18(26-5)17(10-13)25-4/h6-11H,1-5H3,(H,21,22)/b20-11+. The molecular formula is C19H22N2O5. The highest BCUT2D eigenvalue weighted by Gasteiger charge is 2.13. The Labute approximate surface area is 152 Å². The summed E-state index contributed by atoms with van der Waals surface area (Å²) in [6.45, 7) is 1.92. The van der Waals surface area contributed by atoms with Crippen molar-refractivity contribution in [3.8, 4) is 23.0 Å². The number of carbonyl (C=O) groups is 1. The van der Waals surface area contributed by atoms with Gasteiger partial charge in [-0.15, -0.1) is 0 Å². The molecule has 0 radical (unpaired) electrons. The van der Waals surface area contributed by atoms with Crippen molar-refractivity contribution in [2.45, 2.75) is 6.92 Å². The third-order valence-electron chi connectivity index (χ3n) is 3.67. The van der Waals surface area contributed by atoms with Crippen molar-refractivity contribution in [2.24, 2.45) is 5.10 Å². The number of nitrogens with zero attached hydrogens (tertiary/aromatic N) is 1. The van der Waals surface area contributed by atoms with Gasteiger partial charge < -0.3 is 18.9 Å². The summed E-state index contributed by atoms with van der Waals surface area (Å²) in [5, 5.41) is 3.99. The van der Waals surface area contributed by atoms with E-state index in [1.807, 2.05) is 13.0 Å². The number of methoxy groups -OCH3 is 4. The molecule has 0 aromatic heterocycles. The van der Waals surface area contributed by atoms with Crippen LogP contribution in [0, 0.1) is 6.92 Å². The van der Waals surface area contributed by atoms with Gasteiger partial charge in [0.15, 0.2) is 11.5 Å². The van der Waals surface area contributed by atoms with E-state index in [1.165, 1.54) is 34.7 Å². The van der Waals surface area contributed by atoms with Crippen LogP contribution in [-0.2, 0) is 0 Å². The average molecular weight is 358 g/mol. The number of rotatable bonds is 7. The predicted octanol–water partition coefficient (Wildman–Crippen LogP) is 2.79. The molecule has 2 aromatic rings. The van der Waals surface area contributed by atoms with Gasteiger partial charge in [0.05, 0.1) is 40.2 Å². The van der Waals surface area contributed by atoms with Gasteiger partial charge in [-0.1, -0.05) is 6.07 Å². The van der Waals surface area contributed by atoms with Gasteiger partial charge in [-0.05, 0) is 36.8 Å². The van der Waals surface area contributed by atoms with Crippen molar-refractivity contribution in [1.82, 2.24) is 5.43 Å². The highest BCUT2D eigenvalue weighted by Crippen LogP contribution is 2.37. The second-order valence-corrected chi connectivity index (χ2v) is 5.36. The van der Waals surface area contributed by atoms with Gasteiger partial charge in [0.25, 0.3) is 5.91 Å². The Balaban J connectivity index is 2.19. The monoisotopic (exact) mass is 358 g/mol. The summed E-state index contributed by atoms with van der Waals surface area (Å²) in [6.07, 6.45) is 1.49. The van der Waals surface area contributed by atoms with Crippen molar-refractivity contribution in [3.63, 3.8) is 0 Å². The molecule has 1 N–H and O–H groups in total. The molecule has 0 heterocycles. The topological polar surface area (TPSA) is 78.4 Å². The lowest BCUT2D eigenvalue weighted by Gasteiger charge is -2.12. The van der Waals surface area contributed by atoms with E-state index in [0.717, 1.165) is 5.56 Å². The molecule has 138 valence electrons. The Morgan fingerprint density at radius 3 is 2.08 bits per heavy atom. The number of aryl methyl sites for hydroxylation is 1. The first kappa shape index (κ1) is 19.1. The van der Waals surface area contributed by atoms with Crippen LogP contribution in [0.5, 0.6) is 23.0 Å². The molecule has 0 atom stereocenters. The minimum atomic E-state index is -0.370. The molecule has 0 aliphatic carbocycles. The summed E-state index contributed by atoms with van der Waals surface area (Å²) in [7, 11) is 6.11. The van der Waals surface area contributed by atoms with E-state index < -0.39 is 0 Å². The molecule has 2 aromatic carbocycles. The highest BCUT2D eigenvalue weighted by atomic mass is 16.5. The zero-order chi connectivity index (χ0) is 19.1. The Bertz CT molecular complexity index is 793. The number of ether oxygens (including phenoxy) is 4. The first-order valence-corrected chi connectivity index (χ1v) is 7.82. The van der Waals surface area contributed by atoms with Crippen LogP contribution in [0.25, 0.3) is 0 Å². The van der Waals surface area contributed by atoms with Gasteiger partial charge in [0, 0.05) is 5.56 Å². The fourth-order valence-electron chi connectivity index (χ4n) is 2.39. The highest BCUT2D eigenvalue weighted by molar-refractivity contribution is 5.97. The van der Waals surface area contributed by atoms with Crippen molar-refractivity contribution in [3.05, 3.63) is 47.0 Å². The largest absolute Gasteiger partial charge is 0.496 e. The number of hydrazone groups is 1. The third-order valence-corrected chi connectivity index (χ3v) is 3.67. The molecule has 0 bridgehead atoms. The van der Waals surface area contributed by atoms with Crippen LogP contribution >= 0.6 is 0 Å². The molecule has 0 saturated heterocycles. The van der Waals surface area contributed by atoms with Crippen LogP contribution in [0.1, 0.15) is 21.5 Å². The fourth-order valence-corrected chi connectivity index (χ4v) is 2.39. The van der Waals surface area contributed by atoms with Crippen LogP contribution in [-0.4, -0.2) is 40.6 Å². The Kier molecular flexibility index (Phi) is 6.43. The van der Waals surface area contributed by atoms with Crippen LogP contribution in [0.2, 0.25) is 0 Å². The summed E-state index contributed by atoms with van der Waals surface area (Å²) in [5.41, 5.74) is 4.56. The maximum absolute atomic E-state index is 12.3. The van der Waals surface area contributed by atoms with Crippen LogP contribution < -0.4 is 24.4 Å². The predicted molar refractivity (Wildman–Crippen MR) is 98.9 cm³/mol. The van der Waals surface area contributed by atoms with E-state index in [0.29, 0.717) is 34.1 Å². The lowest BCUT2D eigenvalue weighted by Crippen LogP contribution is -2.18. The molecule has 7 nitrogen and oxygen atoms in total. The van der Waals surface area contributed by atoms with Crippen molar-refractivity contribution >= 4 is 12.1 Å². The summed E-state index contributed by atoms with van der Waals surface area (Å²) < 4.78 is 21.1. The lowest BCUT2D eigenvalue weighted by atomic mass is 10.1. The minimum absolute atomic E-state index is 0.370. The van der Waals surface area contributed by atoms with E-state index in [9.17, 15) is 4.79 Å². The summed E-state index contributed by atoms with van der Waals surface area (Å²) in [4.78, 5) is 12.3. The quantitative estimate of drug-likeness (QED) is 0.608. The molecule has 0 aliphatic heterocycles. The van der Waals surface area contributed by atoms with Gasteiger partial charge >= 0.3 is 0 Å². The Hall–Kier alpha value is -3.22. The van der Waals surface area contributed by atoms with Crippen molar-refractivity contribution in [2.75, 3.05) is 28.4 Å². The normalized spacial score (nSPS) is 10.5. The number of hydrogen-bond donors (Lipinski definition) is 1. The molecule has 26 heavy (non-hydrogen) atoms. The van der Waals surface area contributed by atoms with E-state index in [4.69, 9.17) is 18.9 Å². The third kappa shape index (κ3) is 4.24. The minimum Gasteiger partial charge on any atom is -0.496 e. The maximum Gasteiger partial charge on any atom is 0.275 e. The average Bonchev–Trinajstić information content (AvgIpc) is 2.66. The van der Waals surface area contributed by atoms with Gasteiger partial charge in [-0.2, -0.15) is 5.10 Å². The second-order valence-electron chi connectivity index (χ2n) is 5.36. The summed E-state index contributed by atoms with van der Waals surface area (Å²) in [6, 6.07) is 8.77. The van der Waals surface area contributed by atoms with E-state index >= 15 is 0 Å². The van der Waals surface area contributed by atoms with Crippen molar-refractivity contribution < 1.29 is 23.7 Å². The summed E-state index contributed by atoms with van der Waals surface area (Å²) >= 11 is 0. The van der Waals surface area contributed by atoms with Crippen LogP contribution in [0.3, 0.4) is 0 Å². The number of carbonyl (C=O) groups excluding carboxylic acids is 1. The maximum atomic E-state index is 12.3. The van der Waals surface area contributed by atoms with Gasteiger partial charge in [0.1, 0.15) is 5.75 Å². The van der Waals surface area contributed by atoms with Gasteiger partial charge in [-0.25, -0.2) is 5.43 Å². The SMILES string of the molecule is COc1cc(C)ccc1C(=O)N/N=C/c1cc(OC)c(OC)c(OC)c1. The molecule has 2 rings (SSSR count). The number of benzene rings is 2. The lowest BCUT2D eigenvalue weighted by molar-refractivity contribution is 0.0952. The van der Waals surface area contributed by atoms with E-state index in [-0.39, 0.29) is 5.91 Å². The molecule has 7 heteroatoms. The smallest absolute Gasteiger partial charge is 0.275 e. The molecule has 0 spiro atoms. The molecule has 1 amide bonds. The van der Waals surface area contributed by atoms with Crippen LogP contribution in [0.15, 0.2) is 35.4 Å². The van der Waals surface area contributed by atoms with Crippen molar-refractivity contribution in [1.29, 1.82) is 0 Å².